The number of nitriles is 1. The molecule has 6 nitrogen and oxygen atoms in total. The normalized spacial score (nSPS) is 15.2. The standard InChI is InChI=1S/C16H20N4O2S/c1-4-21-13-8-12-11(7-14(13)22-10(2)9-17)5-6-20-15(12)23-16(18)19-3/h7-8,10H,4-6H2,1-3H3,(H2,18,19). The van der Waals surface area contributed by atoms with Crippen molar-refractivity contribution < 1.29 is 9.47 Å². The smallest absolute Gasteiger partial charge is 0.181 e. The van der Waals surface area contributed by atoms with Crippen LogP contribution in [0.15, 0.2) is 22.1 Å². The summed E-state index contributed by atoms with van der Waals surface area (Å²) in [7, 11) is 1.65. The molecule has 1 atom stereocenters. The quantitative estimate of drug-likeness (QED) is 0.675. The lowest BCUT2D eigenvalue weighted by atomic mass is 10.0. The van der Waals surface area contributed by atoms with Crippen LogP contribution in [0.5, 0.6) is 11.5 Å². The predicted molar refractivity (Wildman–Crippen MR) is 93.6 cm³/mol. The number of fused-ring (bicyclic) bond motifs is 1. The molecule has 7 heteroatoms. The maximum atomic E-state index is 8.96. The van der Waals surface area contributed by atoms with E-state index in [1.54, 1.807) is 14.0 Å². The minimum Gasteiger partial charge on any atom is -0.490 e. The van der Waals surface area contributed by atoms with Crippen molar-refractivity contribution in [1.82, 2.24) is 0 Å². The van der Waals surface area contributed by atoms with Gasteiger partial charge in [0.15, 0.2) is 22.8 Å². The highest BCUT2D eigenvalue weighted by Gasteiger charge is 2.21. The Kier molecular flexibility index (Phi) is 5.88. The Morgan fingerprint density at radius 2 is 2.30 bits per heavy atom. The molecule has 2 N–H and O–H groups in total. The van der Waals surface area contributed by atoms with E-state index in [-0.39, 0.29) is 0 Å². The molecule has 2 rings (SSSR count). The number of nitrogens with zero attached hydrogens (tertiary/aromatic N) is 3. The fraction of sp³-hybridized carbons (Fsp3) is 0.438. The molecule has 1 aliphatic rings. The summed E-state index contributed by atoms with van der Waals surface area (Å²) in [5.74, 6) is 1.19. The van der Waals surface area contributed by atoms with Crippen LogP contribution in [-0.2, 0) is 6.42 Å². The number of hydrogen-bond donors (Lipinski definition) is 1. The average Bonchev–Trinajstić information content (AvgIpc) is 2.55. The molecule has 1 aromatic rings. The third-order valence-electron chi connectivity index (χ3n) is 3.24. The van der Waals surface area contributed by atoms with Crippen LogP contribution in [0, 0.1) is 11.3 Å². The molecule has 0 spiro atoms. The minimum atomic E-state index is -0.541. The van der Waals surface area contributed by atoms with Gasteiger partial charge in [-0.05, 0) is 49.7 Å². The fourth-order valence-corrected chi connectivity index (χ4v) is 2.93. The van der Waals surface area contributed by atoms with Crippen LogP contribution in [0.3, 0.4) is 0 Å². The molecule has 0 bridgehead atoms. The van der Waals surface area contributed by atoms with Gasteiger partial charge in [-0.1, -0.05) is 0 Å². The summed E-state index contributed by atoms with van der Waals surface area (Å²) in [6.07, 6.45) is 0.271. The molecule has 0 aliphatic carbocycles. The molecule has 0 aromatic heterocycles. The van der Waals surface area contributed by atoms with Crippen molar-refractivity contribution in [3.63, 3.8) is 0 Å². The van der Waals surface area contributed by atoms with Crippen molar-refractivity contribution in [3.8, 4) is 17.6 Å². The molecule has 1 heterocycles. The summed E-state index contributed by atoms with van der Waals surface area (Å²) in [6, 6.07) is 5.91. The van der Waals surface area contributed by atoms with E-state index in [0.29, 0.717) is 29.8 Å². The van der Waals surface area contributed by atoms with Gasteiger partial charge >= 0.3 is 0 Å². The summed E-state index contributed by atoms with van der Waals surface area (Å²) in [6.45, 7) is 4.81. The van der Waals surface area contributed by atoms with Crippen molar-refractivity contribution in [2.75, 3.05) is 20.2 Å². The first-order valence-corrected chi connectivity index (χ1v) is 8.21. The van der Waals surface area contributed by atoms with Crippen molar-refractivity contribution in [1.29, 1.82) is 5.26 Å². The van der Waals surface area contributed by atoms with Gasteiger partial charge in [-0.2, -0.15) is 5.26 Å². The second kappa shape index (κ2) is 7.88. The Morgan fingerprint density at radius 3 is 2.96 bits per heavy atom. The molecule has 0 saturated carbocycles. The summed E-state index contributed by atoms with van der Waals surface area (Å²) >= 11 is 1.34. The molecule has 1 unspecified atom stereocenters. The van der Waals surface area contributed by atoms with E-state index in [1.165, 1.54) is 11.8 Å². The van der Waals surface area contributed by atoms with Gasteiger partial charge in [-0.25, -0.2) is 0 Å². The van der Waals surface area contributed by atoms with Gasteiger partial charge in [0.05, 0.1) is 6.61 Å². The van der Waals surface area contributed by atoms with Crippen LogP contribution in [0.4, 0.5) is 0 Å². The first kappa shape index (κ1) is 17.2. The predicted octanol–water partition coefficient (Wildman–Crippen LogP) is 2.36. The number of benzene rings is 1. The highest BCUT2D eigenvalue weighted by molar-refractivity contribution is 8.26. The van der Waals surface area contributed by atoms with E-state index < -0.39 is 6.10 Å². The Labute approximate surface area is 140 Å². The molecule has 122 valence electrons. The van der Waals surface area contributed by atoms with Crippen LogP contribution in [0.25, 0.3) is 0 Å². The van der Waals surface area contributed by atoms with Gasteiger partial charge in [-0.3, -0.25) is 9.98 Å². The van der Waals surface area contributed by atoms with E-state index in [4.69, 9.17) is 20.5 Å². The van der Waals surface area contributed by atoms with Crippen molar-refractivity contribution in [3.05, 3.63) is 23.3 Å². The number of thioether (sulfide) groups is 1. The lowest BCUT2D eigenvalue weighted by Crippen LogP contribution is -2.17. The number of ether oxygens (including phenoxy) is 2. The van der Waals surface area contributed by atoms with Gasteiger partial charge in [0.1, 0.15) is 11.1 Å². The molecular formula is C16H20N4O2S. The summed E-state index contributed by atoms with van der Waals surface area (Å²) in [4.78, 5) is 8.50. The van der Waals surface area contributed by atoms with Crippen LogP contribution < -0.4 is 15.2 Å². The lowest BCUT2D eigenvalue weighted by molar-refractivity contribution is 0.249. The Morgan fingerprint density at radius 1 is 1.52 bits per heavy atom. The lowest BCUT2D eigenvalue weighted by Gasteiger charge is -2.20. The SMILES string of the molecule is CCOc1cc2c(cc1OC(C)C#N)CCN=C2SC(N)=NC. The minimum absolute atomic E-state index is 0.466. The maximum Gasteiger partial charge on any atom is 0.181 e. The van der Waals surface area contributed by atoms with E-state index in [2.05, 4.69) is 16.1 Å². The van der Waals surface area contributed by atoms with Crippen LogP contribution >= 0.6 is 11.8 Å². The molecule has 0 amide bonds. The van der Waals surface area contributed by atoms with Gasteiger partial charge in [0.25, 0.3) is 0 Å². The zero-order valence-corrected chi connectivity index (χ0v) is 14.3. The third-order valence-corrected chi connectivity index (χ3v) is 4.18. The maximum absolute atomic E-state index is 8.96. The number of rotatable bonds is 4. The van der Waals surface area contributed by atoms with Crippen LogP contribution in [0.1, 0.15) is 25.0 Å². The van der Waals surface area contributed by atoms with E-state index in [1.807, 2.05) is 19.1 Å². The molecule has 0 radical (unpaired) electrons. The Hall–Kier alpha value is -2.20. The monoisotopic (exact) mass is 332 g/mol. The number of nitrogens with two attached hydrogens (primary N) is 1. The zero-order valence-electron chi connectivity index (χ0n) is 13.5. The van der Waals surface area contributed by atoms with Crippen LogP contribution in [-0.4, -0.2) is 36.5 Å². The first-order chi connectivity index (χ1) is 11.1. The molecular weight excluding hydrogens is 312 g/mol. The fourth-order valence-electron chi connectivity index (χ4n) is 2.18. The highest BCUT2D eigenvalue weighted by atomic mass is 32.2. The topological polar surface area (TPSA) is 93.0 Å². The Balaban J connectivity index is 2.41. The van der Waals surface area contributed by atoms with Crippen LogP contribution in [0.2, 0.25) is 0 Å². The van der Waals surface area contributed by atoms with Crippen molar-refractivity contribution in [2.24, 2.45) is 15.7 Å². The van der Waals surface area contributed by atoms with Gasteiger partial charge in [-0.15, -0.1) is 0 Å². The Bertz CT molecular complexity index is 679. The molecule has 1 aliphatic heterocycles. The summed E-state index contributed by atoms with van der Waals surface area (Å²) in [5, 5.41) is 10.3. The van der Waals surface area contributed by atoms with Gasteiger partial charge in [0.2, 0.25) is 0 Å². The van der Waals surface area contributed by atoms with Gasteiger partial charge in [0, 0.05) is 19.2 Å². The second-order valence-electron chi connectivity index (χ2n) is 4.88. The average molecular weight is 332 g/mol. The summed E-state index contributed by atoms with van der Waals surface area (Å²) in [5.41, 5.74) is 7.90. The highest BCUT2D eigenvalue weighted by Crippen LogP contribution is 2.35. The van der Waals surface area contributed by atoms with Crippen molar-refractivity contribution in [2.45, 2.75) is 26.4 Å². The van der Waals surface area contributed by atoms with E-state index in [9.17, 15) is 0 Å². The van der Waals surface area contributed by atoms with Crippen molar-refractivity contribution >= 4 is 22.0 Å². The molecule has 1 aromatic carbocycles. The third kappa shape index (κ3) is 4.17. The zero-order chi connectivity index (χ0) is 16.8. The van der Waals surface area contributed by atoms with E-state index >= 15 is 0 Å². The largest absolute Gasteiger partial charge is 0.490 e. The number of aliphatic imine (C=N–C) groups is 2. The van der Waals surface area contributed by atoms with E-state index in [0.717, 1.165) is 22.6 Å². The van der Waals surface area contributed by atoms with Gasteiger partial charge < -0.3 is 15.2 Å². The number of amidine groups is 1. The molecule has 0 fully saturated rings. The first-order valence-electron chi connectivity index (χ1n) is 7.40. The second-order valence-corrected chi connectivity index (χ2v) is 5.89. The molecule has 0 saturated heterocycles. The summed E-state index contributed by atoms with van der Waals surface area (Å²) < 4.78 is 11.3. The molecule has 23 heavy (non-hydrogen) atoms. The number of hydrogen-bond acceptors (Lipinski definition) is 6.